The largest absolute Gasteiger partial charge is 0.384 e. The summed E-state index contributed by atoms with van der Waals surface area (Å²) in [7, 11) is 0. The van der Waals surface area contributed by atoms with Crippen molar-refractivity contribution in [3.63, 3.8) is 0 Å². The number of H-pyrrole nitrogens is 1. The fraction of sp³-hybridized carbons (Fsp3) is 0.167. The number of aromatic nitrogens is 2. The monoisotopic (exact) mass is 214 g/mol. The lowest BCUT2D eigenvalue weighted by Crippen LogP contribution is -2.11. The summed E-state index contributed by atoms with van der Waals surface area (Å²) in [5.41, 5.74) is 9.15. The van der Waals surface area contributed by atoms with Crippen LogP contribution in [-0.4, -0.2) is 15.8 Å². The quantitative estimate of drug-likeness (QED) is 0.529. The number of nitrogen functional groups attached to an aromatic ring is 1. The minimum absolute atomic E-state index is 0.0709. The number of allylic oxidation sites excluding steroid dienone is 1. The zero-order chi connectivity index (χ0) is 11.7. The molecule has 0 fully saturated rings. The van der Waals surface area contributed by atoms with Crippen molar-refractivity contribution in [2.45, 2.75) is 13.8 Å². The minimum Gasteiger partial charge on any atom is -0.384 e. The lowest BCUT2D eigenvalue weighted by atomic mass is 10.1. The van der Waals surface area contributed by atoms with Crippen LogP contribution >= 0.6 is 0 Å². The summed E-state index contributed by atoms with van der Waals surface area (Å²) in [6, 6.07) is 1.77. The molecule has 82 valence electrons. The van der Waals surface area contributed by atoms with Crippen molar-refractivity contribution in [1.82, 2.24) is 9.97 Å². The molecule has 0 saturated heterocycles. The zero-order valence-corrected chi connectivity index (χ0v) is 9.33. The molecule has 4 N–H and O–H groups in total. The Bertz CT molecular complexity index is 578. The molecule has 4 nitrogen and oxygen atoms in total. The Labute approximate surface area is 93.7 Å². The van der Waals surface area contributed by atoms with Gasteiger partial charge in [-0.25, -0.2) is 4.98 Å². The number of aromatic amines is 1. The minimum atomic E-state index is 0.0709. The first-order chi connectivity index (χ1) is 7.65. The first-order valence-corrected chi connectivity index (χ1v) is 5.09. The summed E-state index contributed by atoms with van der Waals surface area (Å²) in [6.45, 7) is 3.96. The Hall–Kier alpha value is -2.10. The molecule has 16 heavy (non-hydrogen) atoms. The van der Waals surface area contributed by atoms with Crippen LogP contribution in [0.3, 0.4) is 0 Å². The molecule has 2 heterocycles. The molecular weight excluding hydrogens is 200 g/mol. The van der Waals surface area contributed by atoms with Gasteiger partial charge in [-0.05, 0) is 31.6 Å². The lowest BCUT2D eigenvalue weighted by molar-refractivity contribution is 1.30. The number of amidine groups is 1. The van der Waals surface area contributed by atoms with Crippen molar-refractivity contribution in [1.29, 1.82) is 5.41 Å². The van der Waals surface area contributed by atoms with E-state index < -0.39 is 0 Å². The topological polar surface area (TPSA) is 78.5 Å². The van der Waals surface area contributed by atoms with Gasteiger partial charge in [-0.3, -0.25) is 5.41 Å². The maximum absolute atomic E-state index is 7.54. The number of nitrogens with one attached hydrogen (secondary N) is 2. The predicted molar refractivity (Wildman–Crippen MR) is 66.6 cm³/mol. The van der Waals surface area contributed by atoms with E-state index in [-0.39, 0.29) is 5.84 Å². The highest BCUT2D eigenvalue weighted by atomic mass is 14.9. The maximum Gasteiger partial charge on any atom is 0.138 e. The molecule has 0 saturated carbocycles. The highest BCUT2D eigenvalue weighted by molar-refractivity contribution is 6.07. The van der Waals surface area contributed by atoms with Gasteiger partial charge in [0.1, 0.15) is 11.5 Å². The average Bonchev–Trinajstić information content (AvgIpc) is 2.57. The third-order valence-corrected chi connectivity index (χ3v) is 2.61. The van der Waals surface area contributed by atoms with Gasteiger partial charge >= 0.3 is 0 Å². The maximum atomic E-state index is 7.54. The van der Waals surface area contributed by atoms with Gasteiger partial charge in [-0.2, -0.15) is 0 Å². The molecule has 0 aliphatic rings. The highest BCUT2D eigenvalue weighted by Gasteiger charge is 2.11. The molecule has 2 aromatic rings. The molecule has 2 rings (SSSR count). The van der Waals surface area contributed by atoms with E-state index in [1.807, 2.05) is 26.0 Å². The van der Waals surface area contributed by atoms with Crippen molar-refractivity contribution in [3.05, 3.63) is 35.2 Å². The number of rotatable bonds is 2. The number of nitrogens with zero attached hydrogens (tertiary/aromatic N) is 1. The predicted octanol–water partition coefficient (Wildman–Crippen LogP) is 2.19. The molecule has 0 amide bonds. The standard InChI is InChI=1S/C12H14N4/c1-3-4-9-7(2)10-8(11(13)14)5-6-15-12(10)16-9/h3-6H,1-2H3,(H3,13,14)(H,15,16)/b4-3-. The first-order valence-electron chi connectivity index (χ1n) is 5.09. The first kappa shape index (κ1) is 10.4. The van der Waals surface area contributed by atoms with E-state index in [4.69, 9.17) is 11.1 Å². The average molecular weight is 214 g/mol. The Morgan fingerprint density at radius 2 is 2.31 bits per heavy atom. The summed E-state index contributed by atoms with van der Waals surface area (Å²) < 4.78 is 0. The number of aryl methyl sites for hydroxylation is 1. The second-order valence-corrected chi connectivity index (χ2v) is 3.66. The molecule has 2 aromatic heterocycles. The summed E-state index contributed by atoms with van der Waals surface area (Å²) in [6.07, 6.45) is 5.61. The van der Waals surface area contributed by atoms with Crippen LogP contribution < -0.4 is 5.73 Å². The molecule has 0 radical (unpaired) electrons. The number of pyridine rings is 1. The summed E-state index contributed by atoms with van der Waals surface area (Å²) in [4.78, 5) is 7.46. The molecular formula is C12H14N4. The van der Waals surface area contributed by atoms with E-state index in [2.05, 4.69) is 9.97 Å². The van der Waals surface area contributed by atoms with Gasteiger partial charge in [0.15, 0.2) is 0 Å². The third kappa shape index (κ3) is 1.48. The van der Waals surface area contributed by atoms with Gasteiger partial charge in [0.25, 0.3) is 0 Å². The second kappa shape index (κ2) is 3.81. The molecule has 4 heteroatoms. The van der Waals surface area contributed by atoms with Crippen LogP contribution in [-0.2, 0) is 0 Å². The Balaban J connectivity index is 2.82. The summed E-state index contributed by atoms with van der Waals surface area (Å²) in [5, 5.41) is 8.48. The molecule has 0 aromatic carbocycles. The smallest absolute Gasteiger partial charge is 0.138 e. The Kier molecular flexibility index (Phi) is 2.48. The van der Waals surface area contributed by atoms with Crippen molar-refractivity contribution in [2.75, 3.05) is 0 Å². The molecule has 0 aliphatic carbocycles. The molecule has 0 atom stereocenters. The highest BCUT2D eigenvalue weighted by Crippen LogP contribution is 2.24. The van der Waals surface area contributed by atoms with Crippen LogP contribution in [0, 0.1) is 12.3 Å². The number of nitrogens with two attached hydrogens (primary N) is 1. The van der Waals surface area contributed by atoms with Crippen molar-refractivity contribution in [2.24, 2.45) is 5.73 Å². The van der Waals surface area contributed by atoms with Gasteiger partial charge in [-0.1, -0.05) is 6.08 Å². The summed E-state index contributed by atoms with van der Waals surface area (Å²) >= 11 is 0. The van der Waals surface area contributed by atoms with Crippen LogP contribution in [0.1, 0.15) is 23.7 Å². The van der Waals surface area contributed by atoms with Crippen LogP contribution in [0.2, 0.25) is 0 Å². The number of fused-ring (bicyclic) bond motifs is 1. The fourth-order valence-electron chi connectivity index (χ4n) is 1.85. The second-order valence-electron chi connectivity index (χ2n) is 3.66. The van der Waals surface area contributed by atoms with Gasteiger partial charge in [0.05, 0.1) is 0 Å². The SMILES string of the molecule is C/C=C\c1[nH]c2nccc(C(=N)N)c2c1C. The van der Waals surface area contributed by atoms with Crippen LogP contribution in [0.4, 0.5) is 0 Å². The van der Waals surface area contributed by atoms with Gasteiger partial charge in [-0.15, -0.1) is 0 Å². The van der Waals surface area contributed by atoms with E-state index in [0.717, 1.165) is 27.9 Å². The van der Waals surface area contributed by atoms with E-state index in [1.165, 1.54) is 0 Å². The van der Waals surface area contributed by atoms with E-state index in [0.29, 0.717) is 0 Å². The van der Waals surface area contributed by atoms with Gasteiger partial charge < -0.3 is 10.7 Å². The Morgan fingerprint density at radius 3 is 2.94 bits per heavy atom. The van der Waals surface area contributed by atoms with E-state index >= 15 is 0 Å². The zero-order valence-electron chi connectivity index (χ0n) is 9.33. The van der Waals surface area contributed by atoms with Gasteiger partial charge in [0, 0.05) is 22.8 Å². The number of hydrogen-bond acceptors (Lipinski definition) is 2. The van der Waals surface area contributed by atoms with Crippen molar-refractivity contribution >= 4 is 22.9 Å². The normalized spacial score (nSPS) is 11.4. The molecule has 0 aliphatic heterocycles. The summed E-state index contributed by atoms with van der Waals surface area (Å²) in [5.74, 6) is 0.0709. The van der Waals surface area contributed by atoms with E-state index in [1.54, 1.807) is 12.3 Å². The lowest BCUT2D eigenvalue weighted by Gasteiger charge is -2.00. The van der Waals surface area contributed by atoms with Crippen LogP contribution in [0.25, 0.3) is 17.1 Å². The van der Waals surface area contributed by atoms with Crippen molar-refractivity contribution < 1.29 is 0 Å². The van der Waals surface area contributed by atoms with Crippen LogP contribution in [0.15, 0.2) is 18.3 Å². The van der Waals surface area contributed by atoms with Gasteiger partial charge in [0.2, 0.25) is 0 Å². The molecule has 0 spiro atoms. The molecule has 0 bridgehead atoms. The van der Waals surface area contributed by atoms with Crippen molar-refractivity contribution in [3.8, 4) is 0 Å². The third-order valence-electron chi connectivity index (χ3n) is 2.61. The Morgan fingerprint density at radius 1 is 1.56 bits per heavy atom. The fourth-order valence-corrected chi connectivity index (χ4v) is 1.85. The molecule has 0 unspecified atom stereocenters. The van der Waals surface area contributed by atoms with Crippen LogP contribution in [0.5, 0.6) is 0 Å². The van der Waals surface area contributed by atoms with E-state index in [9.17, 15) is 0 Å². The number of hydrogen-bond donors (Lipinski definition) is 3.